The third-order valence-electron chi connectivity index (χ3n) is 5.95. The number of likely N-dealkylation sites (tertiary alicyclic amines) is 2. The molecule has 1 aromatic rings. The average molecular weight is 345 g/mol. The summed E-state index contributed by atoms with van der Waals surface area (Å²) in [5, 5.41) is 4.06. The van der Waals surface area contributed by atoms with E-state index in [1.807, 2.05) is 4.90 Å². The SMILES string of the molecule is O=C(CCCn1cncn1)N1CC[C@@]2(CCCN(CC3CC3)C2=O)C1. The summed E-state index contributed by atoms with van der Waals surface area (Å²) in [6, 6.07) is 0. The molecule has 136 valence electrons. The normalized spacial score (nSPS) is 26.6. The second kappa shape index (κ2) is 6.77. The lowest BCUT2D eigenvalue weighted by molar-refractivity contribution is -0.146. The molecule has 0 aromatic carbocycles. The van der Waals surface area contributed by atoms with Crippen LogP contribution < -0.4 is 0 Å². The van der Waals surface area contributed by atoms with Gasteiger partial charge < -0.3 is 9.80 Å². The molecule has 1 atom stereocenters. The zero-order valence-electron chi connectivity index (χ0n) is 14.8. The Morgan fingerprint density at radius 3 is 2.92 bits per heavy atom. The number of carbonyl (C=O) groups excluding carboxylic acids is 2. The van der Waals surface area contributed by atoms with Crippen molar-refractivity contribution in [3.63, 3.8) is 0 Å². The first-order valence-electron chi connectivity index (χ1n) is 9.56. The van der Waals surface area contributed by atoms with E-state index in [1.54, 1.807) is 11.0 Å². The Balaban J connectivity index is 1.30. The third kappa shape index (κ3) is 3.55. The fourth-order valence-corrected chi connectivity index (χ4v) is 4.30. The second-order valence-electron chi connectivity index (χ2n) is 7.91. The maximum atomic E-state index is 13.0. The van der Waals surface area contributed by atoms with Gasteiger partial charge in [-0.05, 0) is 44.4 Å². The summed E-state index contributed by atoms with van der Waals surface area (Å²) in [5.41, 5.74) is -0.297. The van der Waals surface area contributed by atoms with Crippen LogP contribution in [0.4, 0.5) is 0 Å². The quantitative estimate of drug-likeness (QED) is 0.779. The van der Waals surface area contributed by atoms with E-state index in [9.17, 15) is 9.59 Å². The van der Waals surface area contributed by atoms with E-state index in [4.69, 9.17) is 0 Å². The zero-order valence-corrected chi connectivity index (χ0v) is 14.8. The maximum Gasteiger partial charge on any atom is 0.230 e. The standard InChI is InChI=1S/C18H27N5O2/c24-16(3-1-9-23-14-19-13-20-23)22-10-7-18(12-22)6-2-8-21(17(18)25)11-15-4-5-15/h13-15H,1-12H2/t18-/m0/s1. The Labute approximate surface area is 148 Å². The molecule has 2 aliphatic heterocycles. The molecule has 4 rings (SSSR count). The molecular formula is C18H27N5O2. The first kappa shape index (κ1) is 16.5. The van der Waals surface area contributed by atoms with Crippen LogP contribution in [0.3, 0.4) is 0 Å². The highest BCUT2D eigenvalue weighted by atomic mass is 16.2. The summed E-state index contributed by atoms with van der Waals surface area (Å²) in [7, 11) is 0. The highest BCUT2D eigenvalue weighted by molar-refractivity contribution is 5.86. The number of amides is 2. The van der Waals surface area contributed by atoms with Crippen LogP contribution in [0.1, 0.15) is 44.9 Å². The van der Waals surface area contributed by atoms with Crippen LogP contribution in [0.15, 0.2) is 12.7 Å². The van der Waals surface area contributed by atoms with E-state index < -0.39 is 0 Å². The van der Waals surface area contributed by atoms with Gasteiger partial charge in [-0.25, -0.2) is 4.98 Å². The Kier molecular flexibility index (Phi) is 4.48. The van der Waals surface area contributed by atoms with Gasteiger partial charge in [-0.1, -0.05) is 0 Å². The fraction of sp³-hybridized carbons (Fsp3) is 0.778. The fourth-order valence-electron chi connectivity index (χ4n) is 4.30. The summed E-state index contributed by atoms with van der Waals surface area (Å²) in [5.74, 6) is 1.21. The average Bonchev–Trinajstić information content (AvgIpc) is 3.10. The van der Waals surface area contributed by atoms with Crippen molar-refractivity contribution >= 4 is 11.8 Å². The Bertz CT molecular complexity index is 627. The number of hydrogen-bond acceptors (Lipinski definition) is 4. The minimum Gasteiger partial charge on any atom is -0.342 e. The minimum atomic E-state index is -0.297. The van der Waals surface area contributed by atoms with Gasteiger partial charge in [0.15, 0.2) is 0 Å². The molecule has 1 aromatic heterocycles. The van der Waals surface area contributed by atoms with Gasteiger partial charge in [-0.2, -0.15) is 5.10 Å². The number of hydrogen-bond donors (Lipinski definition) is 0. The third-order valence-corrected chi connectivity index (χ3v) is 5.95. The van der Waals surface area contributed by atoms with Gasteiger partial charge in [0.2, 0.25) is 11.8 Å². The van der Waals surface area contributed by atoms with E-state index in [-0.39, 0.29) is 11.3 Å². The highest BCUT2D eigenvalue weighted by Gasteiger charge is 2.49. The number of aromatic nitrogens is 3. The largest absolute Gasteiger partial charge is 0.342 e. The molecule has 1 saturated carbocycles. The van der Waals surface area contributed by atoms with E-state index in [1.165, 1.54) is 19.2 Å². The summed E-state index contributed by atoms with van der Waals surface area (Å²) < 4.78 is 1.75. The molecule has 2 saturated heterocycles. The molecular weight excluding hydrogens is 318 g/mol. The molecule has 7 heteroatoms. The predicted molar refractivity (Wildman–Crippen MR) is 91.4 cm³/mol. The molecule has 1 aliphatic carbocycles. The summed E-state index contributed by atoms with van der Waals surface area (Å²) in [4.78, 5) is 33.5. The number of piperidine rings is 1. The van der Waals surface area contributed by atoms with E-state index in [0.29, 0.717) is 25.4 Å². The highest BCUT2D eigenvalue weighted by Crippen LogP contribution is 2.41. The molecule has 3 aliphatic rings. The molecule has 3 fully saturated rings. The van der Waals surface area contributed by atoms with Crippen molar-refractivity contribution in [3.05, 3.63) is 12.7 Å². The Hall–Kier alpha value is -1.92. The van der Waals surface area contributed by atoms with Crippen LogP contribution >= 0.6 is 0 Å². The number of nitrogens with zero attached hydrogens (tertiary/aromatic N) is 5. The van der Waals surface area contributed by atoms with Crippen LogP contribution in [0.5, 0.6) is 0 Å². The van der Waals surface area contributed by atoms with Crippen LogP contribution in [0, 0.1) is 11.3 Å². The van der Waals surface area contributed by atoms with Crippen molar-refractivity contribution in [2.45, 2.75) is 51.5 Å². The van der Waals surface area contributed by atoms with Crippen molar-refractivity contribution < 1.29 is 9.59 Å². The van der Waals surface area contributed by atoms with Crippen LogP contribution in [-0.2, 0) is 16.1 Å². The second-order valence-corrected chi connectivity index (χ2v) is 7.91. The van der Waals surface area contributed by atoms with Crippen LogP contribution in [0.25, 0.3) is 0 Å². The van der Waals surface area contributed by atoms with Crippen molar-refractivity contribution in [2.75, 3.05) is 26.2 Å². The van der Waals surface area contributed by atoms with Crippen molar-refractivity contribution in [1.29, 1.82) is 0 Å². The zero-order chi connectivity index (χ0) is 17.3. The first-order chi connectivity index (χ1) is 12.2. The van der Waals surface area contributed by atoms with E-state index in [2.05, 4.69) is 15.0 Å². The van der Waals surface area contributed by atoms with Gasteiger partial charge in [0.05, 0.1) is 5.41 Å². The molecule has 7 nitrogen and oxygen atoms in total. The van der Waals surface area contributed by atoms with Gasteiger partial charge >= 0.3 is 0 Å². The number of rotatable bonds is 6. The first-order valence-corrected chi connectivity index (χ1v) is 9.56. The lowest BCUT2D eigenvalue weighted by atomic mass is 9.78. The van der Waals surface area contributed by atoms with Gasteiger partial charge in [0, 0.05) is 39.1 Å². The minimum absolute atomic E-state index is 0.170. The molecule has 0 N–H and O–H groups in total. The summed E-state index contributed by atoms with van der Waals surface area (Å²) in [6.07, 6.45) is 9.84. The van der Waals surface area contributed by atoms with E-state index >= 15 is 0 Å². The van der Waals surface area contributed by atoms with Crippen LogP contribution in [0.2, 0.25) is 0 Å². The molecule has 25 heavy (non-hydrogen) atoms. The van der Waals surface area contributed by atoms with Gasteiger partial charge in [-0.3, -0.25) is 14.3 Å². The molecule has 0 radical (unpaired) electrons. The van der Waals surface area contributed by atoms with Crippen molar-refractivity contribution in [3.8, 4) is 0 Å². The van der Waals surface area contributed by atoms with Crippen molar-refractivity contribution in [2.24, 2.45) is 11.3 Å². The summed E-state index contributed by atoms with van der Waals surface area (Å²) in [6.45, 7) is 3.90. The molecule has 0 bridgehead atoms. The molecule has 2 amide bonds. The van der Waals surface area contributed by atoms with E-state index in [0.717, 1.165) is 51.2 Å². The molecule has 1 spiro atoms. The lowest BCUT2D eigenvalue weighted by Gasteiger charge is -2.39. The summed E-state index contributed by atoms with van der Waals surface area (Å²) >= 11 is 0. The smallest absolute Gasteiger partial charge is 0.230 e. The maximum absolute atomic E-state index is 13.0. The monoisotopic (exact) mass is 345 g/mol. The predicted octanol–water partition coefficient (Wildman–Crippen LogP) is 1.31. The number of aryl methyl sites for hydroxylation is 1. The van der Waals surface area contributed by atoms with Gasteiger partial charge in [0.1, 0.15) is 12.7 Å². The van der Waals surface area contributed by atoms with Crippen LogP contribution in [-0.4, -0.2) is 62.6 Å². The Morgan fingerprint density at radius 2 is 2.16 bits per heavy atom. The topological polar surface area (TPSA) is 71.3 Å². The lowest BCUT2D eigenvalue weighted by Crippen LogP contribution is -2.50. The van der Waals surface area contributed by atoms with Gasteiger partial charge in [0.25, 0.3) is 0 Å². The Morgan fingerprint density at radius 1 is 1.28 bits per heavy atom. The molecule has 3 heterocycles. The number of carbonyl (C=O) groups is 2. The molecule has 0 unspecified atom stereocenters. The van der Waals surface area contributed by atoms with Crippen molar-refractivity contribution in [1.82, 2.24) is 24.6 Å². The van der Waals surface area contributed by atoms with Gasteiger partial charge in [-0.15, -0.1) is 0 Å².